The van der Waals surface area contributed by atoms with E-state index in [1.165, 1.54) is 6.92 Å². The van der Waals surface area contributed by atoms with Gasteiger partial charge in [0, 0.05) is 32.1 Å². The van der Waals surface area contributed by atoms with E-state index in [0.717, 1.165) is 28.9 Å². The van der Waals surface area contributed by atoms with E-state index in [0.29, 0.717) is 30.8 Å². The molecule has 0 saturated carbocycles. The number of hydrogen-bond donors (Lipinski definition) is 0. The zero-order chi connectivity index (χ0) is 26.2. The Morgan fingerprint density at radius 3 is 2.53 bits per heavy atom. The van der Waals surface area contributed by atoms with Crippen LogP contribution in [0, 0.1) is 18.3 Å². The number of carbonyl (C=O) groups is 2. The van der Waals surface area contributed by atoms with Gasteiger partial charge in [-0.1, -0.05) is 30.3 Å². The van der Waals surface area contributed by atoms with Crippen molar-refractivity contribution in [2.45, 2.75) is 59.6 Å². The fourth-order valence-electron chi connectivity index (χ4n) is 4.76. The molecule has 36 heavy (non-hydrogen) atoms. The number of amides is 1. The lowest BCUT2D eigenvalue weighted by atomic mass is 9.97. The third-order valence-corrected chi connectivity index (χ3v) is 6.37. The zero-order valence-electron chi connectivity index (χ0n) is 21.7. The molecule has 1 unspecified atom stereocenters. The number of hydrogen-bond acceptors (Lipinski definition) is 7. The van der Waals surface area contributed by atoms with Gasteiger partial charge in [-0.2, -0.15) is 9.78 Å². The van der Waals surface area contributed by atoms with E-state index in [1.807, 2.05) is 65.0 Å². The fourth-order valence-corrected chi connectivity index (χ4v) is 4.76. The van der Waals surface area contributed by atoms with Crippen LogP contribution < -0.4 is 4.90 Å². The van der Waals surface area contributed by atoms with Gasteiger partial charge in [-0.05, 0) is 52.2 Å². The minimum Gasteiger partial charge on any atom is -0.444 e. The largest absolute Gasteiger partial charge is 0.444 e. The third-order valence-electron chi connectivity index (χ3n) is 6.37. The lowest BCUT2D eigenvalue weighted by Gasteiger charge is -2.31. The highest BCUT2D eigenvalue weighted by Gasteiger charge is 2.35. The van der Waals surface area contributed by atoms with E-state index in [2.05, 4.69) is 21.1 Å². The Morgan fingerprint density at radius 1 is 1.25 bits per heavy atom. The Bertz CT molecular complexity index is 1350. The van der Waals surface area contributed by atoms with Crippen molar-refractivity contribution in [3.8, 4) is 17.2 Å². The minimum absolute atomic E-state index is 0.0599. The van der Waals surface area contributed by atoms with Gasteiger partial charge in [0.15, 0.2) is 11.4 Å². The van der Waals surface area contributed by atoms with Crippen molar-refractivity contribution in [3.05, 3.63) is 47.3 Å². The normalized spacial score (nSPS) is 15.7. The molecule has 9 heteroatoms. The number of nitrogens with zero attached hydrogens (tertiary/aromatic N) is 6. The molecule has 1 amide bonds. The van der Waals surface area contributed by atoms with Crippen LogP contribution in [0.5, 0.6) is 0 Å². The SMILES string of the molecule is CCN(C(=O)OC(C)(C)C)C1CCN(c2c(-c3ccccc3)c(C)c(C#N)c3nc(C(C)=O)nn23)C1. The maximum Gasteiger partial charge on any atom is 0.410 e. The standard InChI is InChI=1S/C27H32N6O3/c1-7-32(26(35)36-27(4,5)6)20-13-14-31(16-20)25-22(19-11-9-8-10-12-19)17(2)21(15-28)24-29-23(18(3)34)30-33(24)25/h8-12,20H,7,13-14,16H2,1-6H3. The summed E-state index contributed by atoms with van der Waals surface area (Å²) in [6.45, 7) is 12.6. The zero-order valence-corrected chi connectivity index (χ0v) is 21.7. The second kappa shape index (κ2) is 9.61. The quantitative estimate of drug-likeness (QED) is 0.483. The number of ether oxygens (including phenoxy) is 1. The van der Waals surface area contributed by atoms with Crippen molar-refractivity contribution in [1.82, 2.24) is 19.5 Å². The molecule has 188 valence electrons. The van der Waals surface area contributed by atoms with Gasteiger partial charge in [0.1, 0.15) is 23.1 Å². The molecule has 0 bridgehead atoms. The number of aromatic nitrogens is 3. The van der Waals surface area contributed by atoms with Gasteiger partial charge in [0.05, 0.1) is 6.04 Å². The number of nitriles is 1. The van der Waals surface area contributed by atoms with Crippen molar-refractivity contribution >= 4 is 23.3 Å². The summed E-state index contributed by atoms with van der Waals surface area (Å²) in [6, 6.07) is 12.0. The van der Waals surface area contributed by atoms with Gasteiger partial charge < -0.3 is 14.5 Å². The number of benzene rings is 1. The molecule has 1 fully saturated rings. The summed E-state index contributed by atoms with van der Waals surface area (Å²) in [4.78, 5) is 33.4. The number of rotatable bonds is 5. The first-order valence-electron chi connectivity index (χ1n) is 12.2. The maximum absolute atomic E-state index is 12.9. The molecule has 0 N–H and O–H groups in total. The molecule has 0 aliphatic carbocycles. The smallest absolute Gasteiger partial charge is 0.410 e. The van der Waals surface area contributed by atoms with Crippen LogP contribution in [-0.4, -0.2) is 62.7 Å². The molecule has 3 aromatic rings. The van der Waals surface area contributed by atoms with Crippen LogP contribution in [0.4, 0.5) is 10.6 Å². The first kappa shape index (κ1) is 25.2. The van der Waals surface area contributed by atoms with Gasteiger partial charge in [-0.25, -0.2) is 9.78 Å². The number of pyridine rings is 1. The Kier molecular flexibility index (Phi) is 6.72. The number of fused-ring (bicyclic) bond motifs is 1. The van der Waals surface area contributed by atoms with Crippen molar-refractivity contribution in [2.24, 2.45) is 0 Å². The highest BCUT2D eigenvalue weighted by atomic mass is 16.6. The Hall–Kier alpha value is -3.93. The molecule has 1 saturated heterocycles. The molecule has 0 radical (unpaired) electrons. The summed E-state index contributed by atoms with van der Waals surface area (Å²) in [6.07, 6.45) is 0.414. The van der Waals surface area contributed by atoms with Gasteiger partial charge in [0.25, 0.3) is 0 Å². The van der Waals surface area contributed by atoms with Crippen LogP contribution in [0.1, 0.15) is 62.8 Å². The molecule has 2 aromatic heterocycles. The summed E-state index contributed by atoms with van der Waals surface area (Å²) < 4.78 is 7.28. The Labute approximate surface area is 211 Å². The summed E-state index contributed by atoms with van der Waals surface area (Å²) in [5, 5.41) is 14.5. The number of ketones is 1. The molecule has 4 rings (SSSR count). The summed E-state index contributed by atoms with van der Waals surface area (Å²) in [5.41, 5.74) is 2.74. The van der Waals surface area contributed by atoms with E-state index in [1.54, 1.807) is 9.42 Å². The number of likely N-dealkylation sites (N-methyl/N-ethyl adjacent to an activating group) is 1. The first-order valence-corrected chi connectivity index (χ1v) is 12.2. The number of anilines is 1. The first-order chi connectivity index (χ1) is 17.1. The predicted octanol–water partition coefficient (Wildman–Crippen LogP) is 4.61. The molecule has 3 heterocycles. The third kappa shape index (κ3) is 4.63. The monoisotopic (exact) mass is 488 g/mol. The second-order valence-corrected chi connectivity index (χ2v) is 10.1. The van der Waals surface area contributed by atoms with E-state index >= 15 is 0 Å². The molecular formula is C27H32N6O3. The average Bonchev–Trinajstić information content (AvgIpc) is 3.46. The average molecular weight is 489 g/mol. The fraction of sp³-hybridized carbons (Fsp3) is 0.444. The maximum atomic E-state index is 12.9. The minimum atomic E-state index is -0.580. The molecule has 1 aliphatic rings. The van der Waals surface area contributed by atoms with Crippen molar-refractivity contribution in [3.63, 3.8) is 0 Å². The summed E-state index contributed by atoms with van der Waals surface area (Å²) in [5.74, 6) is 0.557. The second-order valence-electron chi connectivity index (χ2n) is 10.1. The molecule has 0 spiro atoms. The molecular weight excluding hydrogens is 456 g/mol. The van der Waals surface area contributed by atoms with Crippen molar-refractivity contribution in [2.75, 3.05) is 24.5 Å². The van der Waals surface area contributed by atoms with Crippen LogP contribution >= 0.6 is 0 Å². The van der Waals surface area contributed by atoms with E-state index in [4.69, 9.17) is 4.74 Å². The molecule has 1 aliphatic heterocycles. The Morgan fingerprint density at radius 2 is 1.94 bits per heavy atom. The van der Waals surface area contributed by atoms with Gasteiger partial charge in [0.2, 0.25) is 5.82 Å². The lowest BCUT2D eigenvalue weighted by Crippen LogP contribution is -2.44. The molecule has 1 aromatic carbocycles. The van der Waals surface area contributed by atoms with Crippen LogP contribution in [0.3, 0.4) is 0 Å². The number of carbonyl (C=O) groups excluding carboxylic acids is 2. The van der Waals surface area contributed by atoms with Crippen LogP contribution in [0.25, 0.3) is 16.8 Å². The molecule has 9 nitrogen and oxygen atoms in total. The van der Waals surface area contributed by atoms with Crippen LogP contribution in [0.2, 0.25) is 0 Å². The van der Waals surface area contributed by atoms with Crippen molar-refractivity contribution < 1.29 is 14.3 Å². The van der Waals surface area contributed by atoms with E-state index in [9.17, 15) is 14.9 Å². The van der Waals surface area contributed by atoms with E-state index in [-0.39, 0.29) is 23.7 Å². The topological polar surface area (TPSA) is 104 Å². The van der Waals surface area contributed by atoms with Crippen LogP contribution in [0.15, 0.2) is 30.3 Å². The van der Waals surface area contributed by atoms with Gasteiger partial charge >= 0.3 is 6.09 Å². The predicted molar refractivity (Wildman–Crippen MR) is 137 cm³/mol. The lowest BCUT2D eigenvalue weighted by molar-refractivity contribution is 0.0190. The highest BCUT2D eigenvalue weighted by molar-refractivity contribution is 5.92. The van der Waals surface area contributed by atoms with Gasteiger partial charge in [-0.3, -0.25) is 4.79 Å². The molecule has 1 atom stereocenters. The number of Topliss-reactive ketones (excluding diaryl/α,β-unsaturated/α-hetero) is 1. The highest BCUT2D eigenvalue weighted by Crippen LogP contribution is 2.39. The van der Waals surface area contributed by atoms with E-state index < -0.39 is 5.60 Å². The Balaban J connectivity index is 1.85. The summed E-state index contributed by atoms with van der Waals surface area (Å²) >= 11 is 0. The van der Waals surface area contributed by atoms with Crippen molar-refractivity contribution in [1.29, 1.82) is 5.26 Å². The van der Waals surface area contributed by atoms with Gasteiger partial charge in [-0.15, -0.1) is 5.10 Å². The summed E-state index contributed by atoms with van der Waals surface area (Å²) in [7, 11) is 0. The van der Waals surface area contributed by atoms with Crippen LogP contribution in [-0.2, 0) is 4.74 Å².